The van der Waals surface area contributed by atoms with Crippen molar-refractivity contribution < 1.29 is 9.84 Å². The van der Waals surface area contributed by atoms with E-state index in [4.69, 9.17) is 4.74 Å². The van der Waals surface area contributed by atoms with E-state index in [2.05, 4.69) is 6.58 Å². The Morgan fingerprint density at radius 3 is 2.39 bits per heavy atom. The molecular weight excluding hydrogens is 226 g/mol. The van der Waals surface area contributed by atoms with Gasteiger partial charge in [0, 0.05) is 25.7 Å². The SMILES string of the molecule is C=C(/C=C/N(C)C)c1ccc(OC)cc1O.CC. The van der Waals surface area contributed by atoms with Gasteiger partial charge >= 0.3 is 0 Å². The molecule has 0 atom stereocenters. The van der Waals surface area contributed by atoms with Crippen LogP contribution in [0.1, 0.15) is 19.4 Å². The van der Waals surface area contributed by atoms with E-state index in [0.29, 0.717) is 11.3 Å². The van der Waals surface area contributed by atoms with Crippen molar-refractivity contribution in [2.45, 2.75) is 13.8 Å². The molecule has 0 aromatic heterocycles. The third-order valence-corrected chi connectivity index (χ3v) is 2.12. The lowest BCUT2D eigenvalue weighted by Gasteiger charge is -2.08. The molecule has 1 aromatic rings. The monoisotopic (exact) mass is 249 g/mol. The second-order valence-corrected chi connectivity index (χ2v) is 3.69. The lowest BCUT2D eigenvalue weighted by Crippen LogP contribution is -2.00. The summed E-state index contributed by atoms with van der Waals surface area (Å²) in [6.07, 6.45) is 3.73. The van der Waals surface area contributed by atoms with Crippen LogP contribution in [0, 0.1) is 0 Å². The molecule has 3 nitrogen and oxygen atoms in total. The molecule has 0 radical (unpaired) electrons. The fourth-order valence-corrected chi connectivity index (χ4v) is 1.24. The van der Waals surface area contributed by atoms with Gasteiger partial charge in [-0.25, -0.2) is 0 Å². The first kappa shape index (κ1) is 16.1. The Morgan fingerprint density at radius 2 is 1.94 bits per heavy atom. The normalized spacial score (nSPS) is 9.61. The summed E-state index contributed by atoms with van der Waals surface area (Å²) >= 11 is 0. The number of benzene rings is 1. The molecule has 0 aliphatic carbocycles. The number of nitrogens with zero attached hydrogens (tertiary/aromatic N) is 1. The van der Waals surface area contributed by atoms with Crippen molar-refractivity contribution >= 4 is 5.57 Å². The minimum Gasteiger partial charge on any atom is -0.507 e. The van der Waals surface area contributed by atoms with Gasteiger partial charge in [-0.1, -0.05) is 20.4 Å². The quantitative estimate of drug-likeness (QED) is 0.829. The molecule has 0 heterocycles. The Balaban J connectivity index is 0.00000137. The first-order valence-electron chi connectivity index (χ1n) is 5.95. The van der Waals surface area contributed by atoms with Crippen molar-refractivity contribution in [3.8, 4) is 11.5 Å². The van der Waals surface area contributed by atoms with Crippen molar-refractivity contribution in [2.24, 2.45) is 0 Å². The maximum Gasteiger partial charge on any atom is 0.127 e. The number of methoxy groups -OCH3 is 1. The van der Waals surface area contributed by atoms with Crippen LogP contribution < -0.4 is 4.74 Å². The van der Waals surface area contributed by atoms with Gasteiger partial charge in [-0.3, -0.25) is 0 Å². The number of phenolic OH excluding ortho intramolecular Hbond substituents is 1. The van der Waals surface area contributed by atoms with Crippen molar-refractivity contribution in [3.63, 3.8) is 0 Å². The summed E-state index contributed by atoms with van der Waals surface area (Å²) in [4.78, 5) is 1.91. The number of hydrogen-bond acceptors (Lipinski definition) is 3. The lowest BCUT2D eigenvalue weighted by atomic mass is 10.1. The maximum absolute atomic E-state index is 9.77. The Morgan fingerprint density at radius 1 is 1.33 bits per heavy atom. The van der Waals surface area contributed by atoms with E-state index in [1.54, 1.807) is 25.3 Å². The summed E-state index contributed by atoms with van der Waals surface area (Å²) in [5.41, 5.74) is 1.47. The molecule has 18 heavy (non-hydrogen) atoms. The van der Waals surface area contributed by atoms with Gasteiger partial charge in [0.05, 0.1) is 7.11 Å². The van der Waals surface area contributed by atoms with E-state index >= 15 is 0 Å². The molecule has 0 bridgehead atoms. The van der Waals surface area contributed by atoms with E-state index in [0.717, 1.165) is 5.57 Å². The van der Waals surface area contributed by atoms with E-state index in [1.807, 2.05) is 45.1 Å². The predicted molar refractivity (Wildman–Crippen MR) is 77.9 cm³/mol. The van der Waals surface area contributed by atoms with Crippen LogP contribution in [0.5, 0.6) is 11.5 Å². The molecule has 0 fully saturated rings. The van der Waals surface area contributed by atoms with Crippen LogP contribution in [-0.2, 0) is 0 Å². The molecule has 0 unspecified atom stereocenters. The van der Waals surface area contributed by atoms with E-state index in [-0.39, 0.29) is 5.75 Å². The summed E-state index contributed by atoms with van der Waals surface area (Å²) in [7, 11) is 5.42. The maximum atomic E-state index is 9.77. The second-order valence-electron chi connectivity index (χ2n) is 3.69. The van der Waals surface area contributed by atoms with Gasteiger partial charge in [0.25, 0.3) is 0 Å². The fourth-order valence-electron chi connectivity index (χ4n) is 1.24. The van der Waals surface area contributed by atoms with Crippen LogP contribution in [0.25, 0.3) is 5.57 Å². The van der Waals surface area contributed by atoms with Crippen LogP contribution in [0.4, 0.5) is 0 Å². The molecule has 0 saturated heterocycles. The molecule has 0 spiro atoms. The largest absolute Gasteiger partial charge is 0.507 e. The molecule has 0 aliphatic rings. The number of rotatable bonds is 4. The third-order valence-electron chi connectivity index (χ3n) is 2.12. The summed E-state index contributed by atoms with van der Waals surface area (Å²) in [6, 6.07) is 5.16. The predicted octanol–water partition coefficient (Wildman–Crippen LogP) is 3.52. The van der Waals surface area contributed by atoms with Crippen LogP contribution in [-0.4, -0.2) is 31.2 Å². The second kappa shape index (κ2) is 8.23. The minimum atomic E-state index is 0.174. The molecule has 1 N–H and O–H groups in total. The number of hydrogen-bond donors (Lipinski definition) is 1. The van der Waals surface area contributed by atoms with E-state index in [9.17, 15) is 5.11 Å². The van der Waals surface area contributed by atoms with Gasteiger partial charge in [0.15, 0.2) is 0 Å². The molecule has 1 rings (SSSR count). The van der Waals surface area contributed by atoms with E-state index < -0.39 is 0 Å². The lowest BCUT2D eigenvalue weighted by molar-refractivity contribution is 0.407. The molecule has 100 valence electrons. The summed E-state index contributed by atoms with van der Waals surface area (Å²) in [5.74, 6) is 0.804. The molecule has 0 saturated carbocycles. The zero-order chi connectivity index (χ0) is 14.1. The van der Waals surface area contributed by atoms with Crippen LogP contribution in [0.3, 0.4) is 0 Å². The number of allylic oxidation sites excluding steroid dienone is 2. The van der Waals surface area contributed by atoms with Crippen molar-refractivity contribution in [3.05, 3.63) is 42.6 Å². The number of ether oxygens (including phenoxy) is 1. The van der Waals surface area contributed by atoms with Crippen LogP contribution in [0.15, 0.2) is 37.1 Å². The molecule has 0 amide bonds. The van der Waals surface area contributed by atoms with Crippen molar-refractivity contribution in [1.82, 2.24) is 4.90 Å². The fraction of sp³-hybridized carbons (Fsp3) is 0.333. The molecule has 3 heteroatoms. The van der Waals surface area contributed by atoms with Gasteiger partial charge in [-0.05, 0) is 30.0 Å². The van der Waals surface area contributed by atoms with Crippen LogP contribution >= 0.6 is 0 Å². The zero-order valence-electron chi connectivity index (χ0n) is 11.9. The first-order chi connectivity index (χ1) is 8.54. The molecule has 0 aliphatic heterocycles. The van der Waals surface area contributed by atoms with Gasteiger partial charge < -0.3 is 14.7 Å². The topological polar surface area (TPSA) is 32.7 Å². The van der Waals surface area contributed by atoms with Gasteiger partial charge in [-0.2, -0.15) is 0 Å². The van der Waals surface area contributed by atoms with Crippen molar-refractivity contribution in [2.75, 3.05) is 21.2 Å². The Kier molecular flexibility index (Phi) is 7.36. The summed E-state index contributed by atoms with van der Waals surface area (Å²) in [6.45, 7) is 7.90. The number of phenols is 1. The van der Waals surface area contributed by atoms with Gasteiger partial charge in [0.2, 0.25) is 0 Å². The smallest absolute Gasteiger partial charge is 0.127 e. The highest BCUT2D eigenvalue weighted by Gasteiger charge is 2.04. The van der Waals surface area contributed by atoms with Gasteiger partial charge in [0.1, 0.15) is 11.5 Å². The molecule has 1 aromatic carbocycles. The third kappa shape index (κ3) is 4.95. The Hall–Kier alpha value is -1.90. The first-order valence-corrected chi connectivity index (χ1v) is 5.95. The Bertz CT molecular complexity index is 409. The highest BCUT2D eigenvalue weighted by atomic mass is 16.5. The van der Waals surface area contributed by atoms with Gasteiger partial charge in [-0.15, -0.1) is 0 Å². The average Bonchev–Trinajstić information content (AvgIpc) is 2.38. The summed E-state index contributed by atoms with van der Waals surface area (Å²) < 4.78 is 5.01. The highest BCUT2D eigenvalue weighted by Crippen LogP contribution is 2.28. The highest BCUT2D eigenvalue weighted by molar-refractivity contribution is 5.76. The van der Waals surface area contributed by atoms with Crippen LogP contribution in [0.2, 0.25) is 0 Å². The average molecular weight is 249 g/mol. The van der Waals surface area contributed by atoms with Crippen molar-refractivity contribution in [1.29, 1.82) is 0 Å². The minimum absolute atomic E-state index is 0.174. The molecular formula is C15H23NO2. The summed E-state index contributed by atoms with van der Waals surface area (Å²) in [5, 5.41) is 9.77. The standard InChI is InChI=1S/C13H17NO2.C2H6/c1-10(7-8-14(2)3)12-6-5-11(16-4)9-13(12)15;1-2/h5-9,15H,1H2,2-4H3;1-2H3/b8-7+;. The zero-order valence-corrected chi connectivity index (χ0v) is 11.9. The number of aromatic hydroxyl groups is 1. The Labute approximate surface area is 110 Å². The van der Waals surface area contributed by atoms with E-state index in [1.165, 1.54) is 0 Å².